The lowest BCUT2D eigenvalue weighted by atomic mass is 10.1. The molecule has 4 rings (SSSR count). The highest BCUT2D eigenvalue weighted by molar-refractivity contribution is 6.33. The number of aromatic nitrogens is 3. The second-order valence-corrected chi connectivity index (χ2v) is 7.52. The normalized spacial score (nSPS) is 12.6. The number of amides is 2. The van der Waals surface area contributed by atoms with E-state index in [1.807, 2.05) is 0 Å². The van der Waals surface area contributed by atoms with E-state index in [9.17, 15) is 32.3 Å². The van der Waals surface area contributed by atoms with Gasteiger partial charge in [0.05, 0.1) is 17.0 Å². The number of carbonyl (C=O) groups excluding carboxylic acids is 2. The first kappa shape index (κ1) is 25.7. The van der Waals surface area contributed by atoms with Crippen molar-refractivity contribution in [2.45, 2.75) is 26.4 Å². The van der Waals surface area contributed by atoms with Gasteiger partial charge in [0.2, 0.25) is 0 Å². The number of fused-ring (bicyclic) bond motifs is 1. The Labute approximate surface area is 200 Å². The number of aromatic hydroxyl groups is 1. The van der Waals surface area contributed by atoms with Crippen LogP contribution in [0.3, 0.4) is 0 Å². The Bertz CT molecular complexity index is 1260. The molecule has 0 fully saturated rings. The number of benzene rings is 1. The number of aromatic amines is 1. The molecule has 0 spiro atoms. The minimum absolute atomic E-state index is 0.0370. The third-order valence-corrected chi connectivity index (χ3v) is 4.90. The highest BCUT2D eigenvalue weighted by Gasteiger charge is 2.23. The van der Waals surface area contributed by atoms with Gasteiger partial charge in [0.25, 0.3) is 11.8 Å². The molecule has 14 heteroatoms. The number of halogens is 5. The number of carbonyl (C=O) groups is 2. The first-order chi connectivity index (χ1) is 16.4. The quantitative estimate of drug-likeness (QED) is 0.370. The summed E-state index contributed by atoms with van der Waals surface area (Å²) in [6, 6.07) is 4.97. The van der Waals surface area contributed by atoms with Crippen molar-refractivity contribution in [3.8, 4) is 22.8 Å². The van der Waals surface area contributed by atoms with Crippen LogP contribution in [0.15, 0.2) is 24.3 Å². The van der Waals surface area contributed by atoms with Crippen LogP contribution >= 0.6 is 11.6 Å². The first-order valence-corrected chi connectivity index (χ1v) is 10.3. The van der Waals surface area contributed by atoms with E-state index in [1.165, 1.54) is 12.1 Å². The molecule has 0 bridgehead atoms. The lowest BCUT2D eigenvalue weighted by Gasteiger charge is -2.17. The lowest BCUT2D eigenvalue weighted by molar-refractivity contribution is -0.130. The summed E-state index contributed by atoms with van der Waals surface area (Å²) in [6.45, 7) is 2.59. The van der Waals surface area contributed by atoms with Crippen LogP contribution in [-0.2, 0) is 4.79 Å². The van der Waals surface area contributed by atoms with Crippen molar-refractivity contribution >= 4 is 34.9 Å². The molecule has 9 nitrogen and oxygen atoms in total. The van der Waals surface area contributed by atoms with E-state index in [2.05, 4.69) is 25.8 Å². The topological polar surface area (TPSA) is 129 Å². The van der Waals surface area contributed by atoms with Crippen LogP contribution in [-0.4, -0.2) is 44.9 Å². The number of hydrogen-bond acceptors (Lipinski definition) is 6. The van der Waals surface area contributed by atoms with Crippen LogP contribution in [0.4, 0.5) is 29.1 Å². The Balaban J connectivity index is 0.000000509. The summed E-state index contributed by atoms with van der Waals surface area (Å²) in [6.07, 6.45) is -4.69. The van der Waals surface area contributed by atoms with E-state index >= 15 is 0 Å². The zero-order valence-corrected chi connectivity index (χ0v) is 18.9. The summed E-state index contributed by atoms with van der Waals surface area (Å²) in [7, 11) is 0. The van der Waals surface area contributed by atoms with E-state index in [-0.39, 0.29) is 46.0 Å². The zero-order valence-electron chi connectivity index (χ0n) is 18.2. The van der Waals surface area contributed by atoms with Crippen molar-refractivity contribution in [3.05, 3.63) is 46.5 Å². The van der Waals surface area contributed by atoms with Crippen molar-refractivity contribution in [1.29, 1.82) is 0 Å². The van der Waals surface area contributed by atoms with Crippen molar-refractivity contribution in [1.82, 2.24) is 15.2 Å². The zero-order chi connectivity index (χ0) is 25.9. The summed E-state index contributed by atoms with van der Waals surface area (Å²) >= 11 is 5.88. The van der Waals surface area contributed by atoms with Gasteiger partial charge >= 0.3 is 6.18 Å². The van der Waals surface area contributed by atoms with Crippen LogP contribution in [0.1, 0.15) is 29.4 Å². The number of hydrogen-bond donors (Lipinski definition) is 4. The molecule has 0 radical (unpaired) electrons. The predicted molar refractivity (Wildman–Crippen MR) is 118 cm³/mol. The smallest absolute Gasteiger partial charge is 0.388 e. The number of phenols is 1. The fraction of sp³-hybridized carbons (Fsp3) is 0.238. The molecule has 0 atom stereocenters. The van der Waals surface area contributed by atoms with E-state index in [4.69, 9.17) is 16.3 Å². The monoisotopic (exact) mass is 515 g/mol. The largest absolute Gasteiger partial charge is 0.507 e. The summed E-state index contributed by atoms with van der Waals surface area (Å²) in [4.78, 5) is 28.0. The molecule has 4 N–H and O–H groups in total. The minimum atomic E-state index is -3.96. The molecule has 0 saturated heterocycles. The molecule has 0 aliphatic carbocycles. The predicted octanol–water partition coefficient (Wildman–Crippen LogP) is 4.82. The highest BCUT2D eigenvalue weighted by Crippen LogP contribution is 2.34. The van der Waals surface area contributed by atoms with Crippen LogP contribution in [0, 0.1) is 12.7 Å². The maximum absolute atomic E-state index is 14.7. The molecule has 0 unspecified atom stereocenters. The molecule has 0 saturated carbocycles. The highest BCUT2D eigenvalue weighted by atomic mass is 35.5. The van der Waals surface area contributed by atoms with Crippen molar-refractivity contribution < 1.29 is 37.0 Å². The van der Waals surface area contributed by atoms with Gasteiger partial charge in [-0.15, -0.1) is 0 Å². The average Bonchev–Trinajstić information content (AvgIpc) is 3.11. The Morgan fingerprint density at radius 3 is 2.60 bits per heavy atom. The number of pyridine rings is 1. The number of aryl methyl sites for hydroxylation is 1. The van der Waals surface area contributed by atoms with Crippen molar-refractivity contribution in [3.63, 3.8) is 0 Å². The van der Waals surface area contributed by atoms with Crippen LogP contribution in [0.25, 0.3) is 11.3 Å². The molecule has 1 aromatic carbocycles. The molecule has 3 aromatic rings. The lowest BCUT2D eigenvalue weighted by Crippen LogP contribution is -2.26. The van der Waals surface area contributed by atoms with Gasteiger partial charge < -0.3 is 20.5 Å². The molecule has 2 aromatic heterocycles. The number of anilines is 2. The third kappa shape index (κ3) is 6.18. The maximum atomic E-state index is 14.7. The van der Waals surface area contributed by atoms with Crippen LogP contribution in [0.5, 0.6) is 11.5 Å². The number of phenolic OH excluding ortho intramolecular Hbond substituents is 1. The number of nitrogens with zero attached hydrogens (tertiary/aromatic N) is 2. The van der Waals surface area contributed by atoms with Crippen LogP contribution in [0.2, 0.25) is 5.15 Å². The fourth-order valence-electron chi connectivity index (χ4n) is 2.78. The van der Waals surface area contributed by atoms with Gasteiger partial charge in [-0.2, -0.15) is 18.3 Å². The molecule has 1 aliphatic rings. The van der Waals surface area contributed by atoms with E-state index < -0.39 is 30.1 Å². The van der Waals surface area contributed by atoms with Gasteiger partial charge in [0.15, 0.2) is 23.3 Å². The molecule has 186 valence electrons. The van der Waals surface area contributed by atoms with E-state index in [0.717, 1.165) is 19.1 Å². The Hall–Kier alpha value is -3.87. The minimum Gasteiger partial charge on any atom is -0.507 e. The van der Waals surface area contributed by atoms with Crippen molar-refractivity contribution in [2.24, 2.45) is 0 Å². The molecule has 35 heavy (non-hydrogen) atoms. The SMILES string of the molecule is CCC(F)(F)F.Cc1[nH]nc(Cl)c1NC(=O)c1cc(F)c(-c2ccc3c(n2)NC(=O)CO3)cc1O. The van der Waals surface area contributed by atoms with Crippen molar-refractivity contribution in [2.75, 3.05) is 17.2 Å². The first-order valence-electron chi connectivity index (χ1n) is 9.94. The number of nitrogens with one attached hydrogen (secondary N) is 3. The second-order valence-electron chi connectivity index (χ2n) is 7.17. The fourth-order valence-corrected chi connectivity index (χ4v) is 3.01. The number of alkyl halides is 3. The van der Waals surface area contributed by atoms with Gasteiger partial charge in [-0.1, -0.05) is 18.5 Å². The molecule has 2 amide bonds. The standard InChI is InChI=1S/C18H13ClFN5O4.C3H5F3/c1-7-15(16(19)25-24-7)23-18(28)9-4-10(20)8(5-12(9)26)11-2-3-13-17(21-11)22-14(27)6-29-13;1-2-3(4,5)6/h2-5,26H,6H2,1H3,(H,23,28)(H,24,25)(H,21,22,27);2H2,1H3. The van der Waals surface area contributed by atoms with Gasteiger partial charge in [-0.05, 0) is 31.2 Å². The van der Waals surface area contributed by atoms with Crippen LogP contribution < -0.4 is 15.4 Å². The Morgan fingerprint density at radius 2 is 2.00 bits per heavy atom. The molecule has 3 heterocycles. The van der Waals surface area contributed by atoms with Gasteiger partial charge in [-0.25, -0.2) is 9.37 Å². The average molecular weight is 516 g/mol. The van der Waals surface area contributed by atoms with Gasteiger partial charge in [0, 0.05) is 12.0 Å². The Morgan fingerprint density at radius 1 is 1.31 bits per heavy atom. The summed E-state index contributed by atoms with van der Waals surface area (Å²) in [5.74, 6) is -1.91. The number of ether oxygens (including phenoxy) is 1. The van der Waals surface area contributed by atoms with Gasteiger partial charge in [-0.3, -0.25) is 14.7 Å². The number of H-pyrrole nitrogens is 1. The number of rotatable bonds is 3. The third-order valence-electron chi connectivity index (χ3n) is 4.62. The Kier molecular flexibility index (Phi) is 7.48. The molecular weight excluding hydrogens is 498 g/mol. The van der Waals surface area contributed by atoms with E-state index in [0.29, 0.717) is 11.4 Å². The summed E-state index contributed by atoms with van der Waals surface area (Å²) < 4.78 is 52.3. The summed E-state index contributed by atoms with van der Waals surface area (Å²) in [5.41, 5.74) is 0.523. The molecule has 1 aliphatic heterocycles. The summed E-state index contributed by atoms with van der Waals surface area (Å²) in [5, 5.41) is 21.7. The second kappa shape index (κ2) is 10.2. The van der Waals surface area contributed by atoms with E-state index in [1.54, 1.807) is 6.92 Å². The van der Waals surface area contributed by atoms with Gasteiger partial charge in [0.1, 0.15) is 17.3 Å². The maximum Gasteiger partial charge on any atom is 0.388 e. The molecular formula is C21H18ClF4N5O4.